The van der Waals surface area contributed by atoms with E-state index >= 15 is 0 Å². The summed E-state index contributed by atoms with van der Waals surface area (Å²) in [6.07, 6.45) is 2.10. The third-order valence-electron chi connectivity index (χ3n) is 1.74. The van der Waals surface area contributed by atoms with Gasteiger partial charge in [0.1, 0.15) is 0 Å². The Morgan fingerprint density at radius 3 is 2.42 bits per heavy atom. The second-order valence-electron chi connectivity index (χ2n) is 2.63. The molecule has 0 bridgehead atoms. The predicted octanol–water partition coefficient (Wildman–Crippen LogP) is 2.52. The number of hydrogen-bond acceptors (Lipinski definition) is 2. The number of benzene rings is 1. The lowest BCUT2D eigenvalue weighted by Gasteiger charge is -2.02. The number of thioether (sulfide) groups is 1. The van der Waals surface area contributed by atoms with Gasteiger partial charge in [-0.2, -0.15) is 0 Å². The number of nitrogens with one attached hydrogen (secondary N) is 1. The molecule has 0 aliphatic heterocycles. The molecule has 0 aliphatic rings. The van der Waals surface area contributed by atoms with E-state index in [1.165, 1.54) is 10.5 Å². The normalized spacial score (nSPS) is 10.2. The molecule has 0 heterocycles. The van der Waals surface area contributed by atoms with Gasteiger partial charge < -0.3 is 5.32 Å². The zero-order chi connectivity index (χ0) is 8.81. The minimum atomic E-state index is 0.977. The van der Waals surface area contributed by atoms with Crippen molar-refractivity contribution in [3.05, 3.63) is 29.8 Å². The van der Waals surface area contributed by atoms with Crippen LogP contribution in [0.25, 0.3) is 0 Å². The summed E-state index contributed by atoms with van der Waals surface area (Å²) >= 11 is 1.78. The molecule has 0 atom stereocenters. The maximum Gasteiger partial charge on any atom is 0.0205 e. The van der Waals surface area contributed by atoms with Crippen LogP contribution in [0.2, 0.25) is 0 Å². The summed E-state index contributed by atoms with van der Waals surface area (Å²) in [5.74, 6) is 0. The van der Waals surface area contributed by atoms with Gasteiger partial charge in [-0.1, -0.05) is 19.1 Å². The summed E-state index contributed by atoms with van der Waals surface area (Å²) in [4.78, 5) is 1.33. The van der Waals surface area contributed by atoms with Crippen LogP contribution < -0.4 is 5.32 Å². The van der Waals surface area contributed by atoms with E-state index < -0.39 is 0 Å². The SMILES string of the molecule is CCNCc1ccc(SC)cc1. The van der Waals surface area contributed by atoms with Gasteiger partial charge in [0.05, 0.1) is 0 Å². The van der Waals surface area contributed by atoms with Gasteiger partial charge in [0.2, 0.25) is 0 Å². The topological polar surface area (TPSA) is 12.0 Å². The van der Waals surface area contributed by atoms with E-state index in [4.69, 9.17) is 0 Å². The fourth-order valence-corrected chi connectivity index (χ4v) is 1.42. The standard InChI is InChI=1S/C10H15NS/c1-3-11-8-9-4-6-10(12-2)7-5-9/h4-7,11H,3,8H2,1-2H3. The molecule has 0 saturated carbocycles. The molecule has 1 aromatic carbocycles. The van der Waals surface area contributed by atoms with E-state index in [0.717, 1.165) is 13.1 Å². The van der Waals surface area contributed by atoms with Crippen LogP contribution in [-0.2, 0) is 6.54 Å². The Hall–Kier alpha value is -0.470. The Morgan fingerprint density at radius 2 is 1.92 bits per heavy atom. The molecule has 1 rings (SSSR count). The van der Waals surface area contributed by atoms with Crippen molar-refractivity contribution in [3.8, 4) is 0 Å². The van der Waals surface area contributed by atoms with E-state index in [1.807, 2.05) is 0 Å². The van der Waals surface area contributed by atoms with Crippen LogP contribution in [0, 0.1) is 0 Å². The van der Waals surface area contributed by atoms with Crippen molar-refractivity contribution in [2.75, 3.05) is 12.8 Å². The predicted molar refractivity (Wildman–Crippen MR) is 55.6 cm³/mol. The molecule has 12 heavy (non-hydrogen) atoms. The molecule has 0 radical (unpaired) electrons. The molecular weight excluding hydrogens is 166 g/mol. The Labute approximate surface area is 78.6 Å². The molecule has 0 amide bonds. The highest BCUT2D eigenvalue weighted by atomic mass is 32.2. The average Bonchev–Trinajstić information content (AvgIpc) is 2.15. The van der Waals surface area contributed by atoms with Crippen molar-refractivity contribution in [1.82, 2.24) is 5.32 Å². The van der Waals surface area contributed by atoms with E-state index in [9.17, 15) is 0 Å². The molecule has 0 aliphatic carbocycles. The third-order valence-corrected chi connectivity index (χ3v) is 2.48. The van der Waals surface area contributed by atoms with Crippen LogP contribution in [0.4, 0.5) is 0 Å². The third kappa shape index (κ3) is 2.88. The fraction of sp³-hybridized carbons (Fsp3) is 0.400. The molecule has 1 nitrogen and oxygen atoms in total. The van der Waals surface area contributed by atoms with Crippen LogP contribution in [-0.4, -0.2) is 12.8 Å². The molecular formula is C10H15NS. The Morgan fingerprint density at radius 1 is 1.25 bits per heavy atom. The highest BCUT2D eigenvalue weighted by Gasteiger charge is 1.91. The molecule has 0 saturated heterocycles. The van der Waals surface area contributed by atoms with Crippen LogP contribution >= 0.6 is 11.8 Å². The van der Waals surface area contributed by atoms with Gasteiger partial charge in [-0.3, -0.25) is 0 Å². The highest BCUT2D eigenvalue weighted by molar-refractivity contribution is 7.98. The molecule has 1 N–H and O–H groups in total. The summed E-state index contributed by atoms with van der Waals surface area (Å²) in [7, 11) is 0. The second-order valence-corrected chi connectivity index (χ2v) is 3.51. The van der Waals surface area contributed by atoms with Gasteiger partial charge >= 0.3 is 0 Å². The zero-order valence-electron chi connectivity index (χ0n) is 7.63. The van der Waals surface area contributed by atoms with E-state index in [1.54, 1.807) is 11.8 Å². The lowest BCUT2D eigenvalue weighted by atomic mass is 10.2. The van der Waals surface area contributed by atoms with Crippen molar-refractivity contribution in [3.63, 3.8) is 0 Å². The van der Waals surface area contributed by atoms with Crippen LogP contribution in [0.1, 0.15) is 12.5 Å². The highest BCUT2D eigenvalue weighted by Crippen LogP contribution is 2.14. The van der Waals surface area contributed by atoms with E-state index in [2.05, 4.69) is 42.8 Å². The second kappa shape index (κ2) is 5.22. The molecule has 0 aromatic heterocycles. The maximum atomic E-state index is 3.30. The molecule has 0 fully saturated rings. The first kappa shape index (κ1) is 9.62. The summed E-state index contributed by atoms with van der Waals surface area (Å²) in [5, 5.41) is 3.30. The van der Waals surface area contributed by atoms with Gasteiger partial charge in [0, 0.05) is 11.4 Å². The van der Waals surface area contributed by atoms with Gasteiger partial charge in [-0.15, -0.1) is 11.8 Å². The first-order chi connectivity index (χ1) is 5.86. The van der Waals surface area contributed by atoms with Crippen molar-refractivity contribution in [2.24, 2.45) is 0 Å². The van der Waals surface area contributed by atoms with Crippen molar-refractivity contribution < 1.29 is 0 Å². The zero-order valence-corrected chi connectivity index (χ0v) is 8.45. The summed E-state index contributed by atoms with van der Waals surface area (Å²) in [5.41, 5.74) is 1.36. The lowest BCUT2D eigenvalue weighted by molar-refractivity contribution is 0.726. The average molecular weight is 181 g/mol. The van der Waals surface area contributed by atoms with Gasteiger partial charge in [-0.25, -0.2) is 0 Å². The van der Waals surface area contributed by atoms with Crippen molar-refractivity contribution in [2.45, 2.75) is 18.4 Å². The van der Waals surface area contributed by atoms with Crippen molar-refractivity contribution in [1.29, 1.82) is 0 Å². The van der Waals surface area contributed by atoms with Crippen LogP contribution in [0.5, 0.6) is 0 Å². The summed E-state index contributed by atoms with van der Waals surface area (Å²) in [6, 6.07) is 8.68. The smallest absolute Gasteiger partial charge is 0.0205 e. The Bertz CT molecular complexity index is 218. The lowest BCUT2D eigenvalue weighted by Crippen LogP contribution is -2.11. The number of hydrogen-bond donors (Lipinski definition) is 1. The monoisotopic (exact) mass is 181 g/mol. The summed E-state index contributed by atoms with van der Waals surface area (Å²) in [6.45, 7) is 4.13. The Balaban J connectivity index is 2.53. The minimum absolute atomic E-state index is 0.977. The van der Waals surface area contributed by atoms with Crippen molar-refractivity contribution >= 4 is 11.8 Å². The molecule has 66 valence electrons. The van der Waals surface area contributed by atoms with Crippen LogP contribution in [0.3, 0.4) is 0 Å². The fourth-order valence-electron chi connectivity index (χ4n) is 1.01. The first-order valence-electron chi connectivity index (χ1n) is 4.20. The van der Waals surface area contributed by atoms with E-state index in [0.29, 0.717) is 0 Å². The van der Waals surface area contributed by atoms with Gasteiger partial charge in [0.25, 0.3) is 0 Å². The Kier molecular flexibility index (Phi) is 4.19. The summed E-state index contributed by atoms with van der Waals surface area (Å²) < 4.78 is 0. The van der Waals surface area contributed by atoms with Gasteiger partial charge in [0.15, 0.2) is 0 Å². The minimum Gasteiger partial charge on any atom is -0.313 e. The van der Waals surface area contributed by atoms with Crippen LogP contribution in [0.15, 0.2) is 29.2 Å². The molecule has 1 aromatic rings. The number of rotatable bonds is 4. The quantitative estimate of drug-likeness (QED) is 0.716. The van der Waals surface area contributed by atoms with Gasteiger partial charge in [-0.05, 0) is 30.5 Å². The van der Waals surface area contributed by atoms with E-state index in [-0.39, 0.29) is 0 Å². The molecule has 2 heteroatoms. The maximum absolute atomic E-state index is 3.30. The molecule has 0 spiro atoms. The molecule has 0 unspecified atom stereocenters. The largest absolute Gasteiger partial charge is 0.313 e. The first-order valence-corrected chi connectivity index (χ1v) is 5.43.